The van der Waals surface area contributed by atoms with Crippen LogP contribution in [-0.4, -0.2) is 30.1 Å². The Bertz CT molecular complexity index is 685. The van der Waals surface area contributed by atoms with Gasteiger partial charge in [-0.05, 0) is 16.7 Å². The van der Waals surface area contributed by atoms with Crippen LogP contribution < -0.4 is 5.32 Å². The highest BCUT2D eigenvalue weighted by atomic mass is 16.5. The van der Waals surface area contributed by atoms with Crippen molar-refractivity contribution in [3.05, 3.63) is 71.3 Å². The maximum atomic E-state index is 12.2. The van der Waals surface area contributed by atoms with Gasteiger partial charge < -0.3 is 15.2 Å². The molecule has 0 aliphatic heterocycles. The summed E-state index contributed by atoms with van der Waals surface area (Å²) >= 11 is 0. The molecule has 0 aromatic heterocycles. The number of hydrogen-bond donors (Lipinski definition) is 2. The Morgan fingerprint density at radius 2 is 1.71 bits per heavy atom. The van der Waals surface area contributed by atoms with E-state index in [1.54, 1.807) is 7.11 Å². The van der Waals surface area contributed by atoms with Crippen molar-refractivity contribution < 1.29 is 19.4 Å². The number of ether oxygens (including phenoxy) is 1. The van der Waals surface area contributed by atoms with Crippen molar-refractivity contribution in [1.29, 1.82) is 0 Å². The normalized spacial score (nSPS) is 11.7. The van der Waals surface area contributed by atoms with Gasteiger partial charge >= 0.3 is 5.97 Å². The number of nitrogens with one attached hydrogen (secondary N) is 1. The molecule has 0 fully saturated rings. The first-order valence-corrected chi connectivity index (χ1v) is 7.71. The number of carbonyl (C=O) groups is 2. The van der Waals surface area contributed by atoms with Gasteiger partial charge in [0.1, 0.15) is 6.04 Å². The number of carboxylic acid groups (broad SMARTS) is 1. The molecule has 0 saturated carbocycles. The number of aliphatic carboxylic acids is 1. The third kappa shape index (κ3) is 5.52. The van der Waals surface area contributed by atoms with E-state index in [4.69, 9.17) is 4.74 Å². The smallest absolute Gasteiger partial charge is 0.326 e. The Morgan fingerprint density at radius 1 is 1.04 bits per heavy atom. The van der Waals surface area contributed by atoms with Crippen LogP contribution >= 0.6 is 0 Å². The molecule has 5 nitrogen and oxygen atoms in total. The lowest BCUT2D eigenvalue weighted by atomic mass is 10.0. The third-order valence-corrected chi connectivity index (χ3v) is 3.58. The van der Waals surface area contributed by atoms with Gasteiger partial charge in [0.25, 0.3) is 0 Å². The van der Waals surface area contributed by atoms with Gasteiger partial charge in [-0.15, -0.1) is 0 Å². The SMILES string of the molecule is COCc1cccc(CC(=O)N[C@@H](Cc2ccccc2)C(=O)O)c1. The van der Waals surface area contributed by atoms with Gasteiger partial charge in [-0.1, -0.05) is 54.6 Å². The minimum absolute atomic E-state index is 0.135. The number of hydrogen-bond acceptors (Lipinski definition) is 3. The van der Waals surface area contributed by atoms with Crippen molar-refractivity contribution in [2.24, 2.45) is 0 Å². The molecule has 2 aromatic carbocycles. The molecule has 24 heavy (non-hydrogen) atoms. The molecule has 1 atom stereocenters. The van der Waals surface area contributed by atoms with Crippen molar-refractivity contribution in [2.45, 2.75) is 25.5 Å². The lowest BCUT2D eigenvalue weighted by Gasteiger charge is -2.15. The molecule has 0 unspecified atom stereocenters. The number of amides is 1. The first kappa shape index (κ1) is 17.7. The molecule has 2 N–H and O–H groups in total. The molecule has 0 heterocycles. The highest BCUT2D eigenvalue weighted by Gasteiger charge is 2.20. The molecule has 2 rings (SSSR count). The molecule has 0 spiro atoms. The number of carboxylic acids is 1. The predicted molar refractivity (Wildman–Crippen MR) is 90.6 cm³/mol. The fourth-order valence-electron chi connectivity index (χ4n) is 2.48. The summed E-state index contributed by atoms with van der Waals surface area (Å²) in [6.45, 7) is 0.473. The second kappa shape index (κ2) is 8.84. The fraction of sp³-hybridized carbons (Fsp3) is 0.263. The summed E-state index contributed by atoms with van der Waals surface area (Å²) in [4.78, 5) is 23.6. The standard InChI is InChI=1S/C19H21NO4/c1-24-13-16-9-5-8-15(10-16)12-18(21)20-17(19(22)23)11-14-6-3-2-4-7-14/h2-10,17H,11-13H2,1H3,(H,20,21)(H,22,23)/t17-/m0/s1. The number of carbonyl (C=O) groups excluding carboxylic acids is 1. The monoisotopic (exact) mass is 327 g/mol. The van der Waals surface area contributed by atoms with E-state index in [9.17, 15) is 14.7 Å². The lowest BCUT2D eigenvalue weighted by Crippen LogP contribution is -2.43. The third-order valence-electron chi connectivity index (χ3n) is 3.58. The molecule has 5 heteroatoms. The fourth-order valence-corrected chi connectivity index (χ4v) is 2.48. The summed E-state index contributed by atoms with van der Waals surface area (Å²) in [5.74, 6) is -1.35. The van der Waals surface area contributed by atoms with E-state index < -0.39 is 12.0 Å². The van der Waals surface area contributed by atoms with Crippen LogP contribution in [0.2, 0.25) is 0 Å². The minimum Gasteiger partial charge on any atom is -0.480 e. The van der Waals surface area contributed by atoms with Gasteiger partial charge in [0.2, 0.25) is 5.91 Å². The maximum Gasteiger partial charge on any atom is 0.326 e. The molecular formula is C19H21NO4. The van der Waals surface area contributed by atoms with Crippen LogP contribution in [-0.2, 0) is 33.8 Å². The van der Waals surface area contributed by atoms with Gasteiger partial charge in [0, 0.05) is 13.5 Å². The molecular weight excluding hydrogens is 306 g/mol. The second-order valence-corrected chi connectivity index (χ2v) is 5.58. The molecule has 0 saturated heterocycles. The molecule has 0 aliphatic carbocycles. The lowest BCUT2D eigenvalue weighted by molar-refractivity contribution is -0.141. The van der Waals surface area contributed by atoms with Crippen molar-refractivity contribution in [2.75, 3.05) is 7.11 Å². The average Bonchev–Trinajstić information content (AvgIpc) is 2.55. The Labute approximate surface area is 141 Å². The first-order chi connectivity index (χ1) is 11.6. The van der Waals surface area contributed by atoms with Crippen LogP contribution in [0.25, 0.3) is 0 Å². The summed E-state index contributed by atoms with van der Waals surface area (Å²) in [5.41, 5.74) is 2.67. The van der Waals surface area contributed by atoms with Crippen molar-refractivity contribution in [3.63, 3.8) is 0 Å². The first-order valence-electron chi connectivity index (χ1n) is 7.71. The second-order valence-electron chi connectivity index (χ2n) is 5.58. The maximum absolute atomic E-state index is 12.2. The number of methoxy groups -OCH3 is 1. The van der Waals surface area contributed by atoms with Crippen LogP contribution in [0.3, 0.4) is 0 Å². The summed E-state index contributed by atoms with van der Waals surface area (Å²) in [7, 11) is 1.61. The van der Waals surface area contributed by atoms with Crippen molar-refractivity contribution in [3.8, 4) is 0 Å². The zero-order valence-electron chi connectivity index (χ0n) is 13.6. The van der Waals surface area contributed by atoms with Gasteiger partial charge in [-0.2, -0.15) is 0 Å². The highest BCUT2D eigenvalue weighted by molar-refractivity contribution is 5.85. The Hall–Kier alpha value is -2.66. The number of rotatable bonds is 8. The zero-order valence-corrected chi connectivity index (χ0v) is 13.6. The summed E-state index contributed by atoms with van der Waals surface area (Å²) in [6, 6.07) is 15.8. The quantitative estimate of drug-likeness (QED) is 0.779. The van der Waals surface area contributed by atoms with E-state index in [0.717, 1.165) is 16.7 Å². The molecule has 2 aromatic rings. The van der Waals surface area contributed by atoms with Gasteiger partial charge in [0.15, 0.2) is 0 Å². The Morgan fingerprint density at radius 3 is 2.38 bits per heavy atom. The minimum atomic E-state index is -1.04. The molecule has 126 valence electrons. The van der Waals surface area contributed by atoms with Gasteiger partial charge in [0.05, 0.1) is 13.0 Å². The van der Waals surface area contributed by atoms with E-state index in [2.05, 4.69) is 5.32 Å². The Kier molecular flexibility index (Phi) is 6.51. The molecule has 0 aliphatic rings. The van der Waals surface area contributed by atoms with E-state index in [1.807, 2.05) is 54.6 Å². The largest absolute Gasteiger partial charge is 0.480 e. The van der Waals surface area contributed by atoms with Crippen LogP contribution in [0.4, 0.5) is 0 Å². The van der Waals surface area contributed by atoms with Crippen molar-refractivity contribution in [1.82, 2.24) is 5.32 Å². The summed E-state index contributed by atoms with van der Waals surface area (Å²) < 4.78 is 5.07. The van der Waals surface area contributed by atoms with E-state index in [0.29, 0.717) is 6.61 Å². The molecule has 0 bridgehead atoms. The van der Waals surface area contributed by atoms with Crippen LogP contribution in [0, 0.1) is 0 Å². The molecule has 0 radical (unpaired) electrons. The van der Waals surface area contributed by atoms with Gasteiger partial charge in [-0.3, -0.25) is 4.79 Å². The average molecular weight is 327 g/mol. The summed E-state index contributed by atoms with van der Waals surface area (Å²) in [5, 5.41) is 11.9. The van der Waals surface area contributed by atoms with Crippen LogP contribution in [0.5, 0.6) is 0 Å². The van der Waals surface area contributed by atoms with E-state index in [-0.39, 0.29) is 18.7 Å². The topological polar surface area (TPSA) is 75.6 Å². The zero-order chi connectivity index (χ0) is 17.4. The predicted octanol–water partition coefficient (Wildman–Crippen LogP) is 2.19. The summed E-state index contributed by atoms with van der Waals surface area (Å²) in [6.07, 6.45) is 0.391. The van der Waals surface area contributed by atoms with Gasteiger partial charge in [-0.25, -0.2) is 4.79 Å². The highest BCUT2D eigenvalue weighted by Crippen LogP contribution is 2.08. The Balaban J connectivity index is 1.98. The van der Waals surface area contributed by atoms with Crippen LogP contribution in [0.15, 0.2) is 54.6 Å². The van der Waals surface area contributed by atoms with E-state index >= 15 is 0 Å². The van der Waals surface area contributed by atoms with E-state index in [1.165, 1.54) is 0 Å². The molecule has 1 amide bonds. The van der Waals surface area contributed by atoms with Crippen LogP contribution in [0.1, 0.15) is 16.7 Å². The van der Waals surface area contributed by atoms with Crippen molar-refractivity contribution >= 4 is 11.9 Å². The number of benzene rings is 2.